The molecule has 0 unspecified atom stereocenters. The summed E-state index contributed by atoms with van der Waals surface area (Å²) >= 11 is 0. The van der Waals surface area contributed by atoms with E-state index in [9.17, 15) is 0 Å². The van der Waals surface area contributed by atoms with Crippen molar-refractivity contribution in [2.45, 2.75) is 55.8 Å². The van der Waals surface area contributed by atoms with E-state index in [0.29, 0.717) is 0 Å². The van der Waals surface area contributed by atoms with E-state index in [1.54, 1.807) is 0 Å². The van der Waals surface area contributed by atoms with E-state index in [1.165, 1.54) is 66.8 Å². The maximum atomic E-state index is 2.46. The summed E-state index contributed by atoms with van der Waals surface area (Å²) in [5.41, 5.74) is 17.0. The van der Waals surface area contributed by atoms with Crippen LogP contribution in [0.3, 0.4) is 0 Å². The monoisotopic (exact) mass is 578 g/mol. The second-order valence-corrected chi connectivity index (χ2v) is 13.6. The highest BCUT2D eigenvalue weighted by atomic mass is 14.6. The lowest BCUT2D eigenvalue weighted by Crippen LogP contribution is -2.42. The molecule has 0 saturated carbocycles. The predicted octanol–water partition coefficient (Wildman–Crippen LogP) is 11.5. The van der Waals surface area contributed by atoms with E-state index >= 15 is 0 Å². The molecule has 0 spiro atoms. The van der Waals surface area contributed by atoms with Gasteiger partial charge in [0.05, 0.1) is 0 Å². The number of fused-ring (bicyclic) bond motifs is 9. The molecule has 6 aromatic rings. The Morgan fingerprint density at radius 2 is 0.489 bits per heavy atom. The van der Waals surface area contributed by atoms with Gasteiger partial charge in [0.1, 0.15) is 0 Å². The minimum absolute atomic E-state index is 0.107. The molecular formula is C45H38. The van der Waals surface area contributed by atoms with E-state index in [0.717, 1.165) is 25.7 Å². The maximum absolute atomic E-state index is 2.46. The van der Waals surface area contributed by atoms with Crippen LogP contribution in [0, 0.1) is 0 Å². The highest BCUT2D eigenvalue weighted by Gasteiger charge is 2.56. The molecule has 6 aromatic carbocycles. The molecule has 0 saturated heterocycles. The van der Waals surface area contributed by atoms with Gasteiger partial charge in [-0.05, 0) is 92.4 Å². The topological polar surface area (TPSA) is 0 Å². The molecule has 0 radical (unpaired) electrons. The third kappa shape index (κ3) is 3.38. The Labute approximate surface area is 267 Å². The third-order valence-electron chi connectivity index (χ3n) is 11.9. The van der Waals surface area contributed by atoms with Crippen LogP contribution in [0.15, 0.2) is 146 Å². The van der Waals surface area contributed by atoms with Gasteiger partial charge in [-0.1, -0.05) is 159 Å². The van der Waals surface area contributed by atoms with Crippen LogP contribution >= 0.6 is 0 Å². The number of hydrogen-bond acceptors (Lipinski definition) is 0. The molecule has 0 aromatic heterocycles. The molecule has 0 heterocycles. The van der Waals surface area contributed by atoms with E-state index in [4.69, 9.17) is 0 Å². The van der Waals surface area contributed by atoms with Crippen LogP contribution in [0.2, 0.25) is 0 Å². The molecule has 3 aliphatic rings. The number of hydrogen-bond donors (Lipinski definition) is 0. The molecule has 0 aliphatic heterocycles. The smallest absolute Gasteiger partial charge is 0.0238 e. The summed E-state index contributed by atoms with van der Waals surface area (Å²) in [6, 6.07) is 55.7. The van der Waals surface area contributed by atoms with Gasteiger partial charge in [0.2, 0.25) is 0 Å². The fourth-order valence-corrected chi connectivity index (χ4v) is 10.1. The molecule has 0 heteroatoms. The zero-order chi connectivity index (χ0) is 30.2. The molecular weight excluding hydrogens is 540 g/mol. The normalized spacial score (nSPS) is 16.7. The average molecular weight is 579 g/mol. The Kier molecular flexibility index (Phi) is 5.73. The van der Waals surface area contributed by atoms with E-state index in [-0.39, 0.29) is 16.2 Å². The fourth-order valence-electron chi connectivity index (χ4n) is 10.1. The Morgan fingerprint density at radius 1 is 0.289 bits per heavy atom. The lowest BCUT2D eigenvalue weighted by atomic mass is 9.55. The first-order valence-corrected chi connectivity index (χ1v) is 16.7. The van der Waals surface area contributed by atoms with Gasteiger partial charge >= 0.3 is 0 Å². The molecule has 218 valence electrons. The minimum Gasteiger partial charge on any atom is -0.0642 e. The maximum Gasteiger partial charge on any atom is 0.0238 e. The van der Waals surface area contributed by atoms with Gasteiger partial charge in [0, 0.05) is 16.2 Å². The fraction of sp³-hybridized carbons (Fsp3) is 0.200. The molecule has 0 bridgehead atoms. The van der Waals surface area contributed by atoms with Crippen LogP contribution in [-0.4, -0.2) is 0 Å². The van der Waals surface area contributed by atoms with Crippen molar-refractivity contribution in [2.75, 3.05) is 0 Å². The molecule has 0 fully saturated rings. The predicted molar refractivity (Wildman–Crippen MR) is 188 cm³/mol. The van der Waals surface area contributed by atoms with Gasteiger partial charge in [-0.2, -0.15) is 0 Å². The van der Waals surface area contributed by atoms with Crippen molar-refractivity contribution < 1.29 is 0 Å². The van der Waals surface area contributed by atoms with Crippen molar-refractivity contribution >= 4 is 0 Å². The molecule has 3 aliphatic carbocycles. The van der Waals surface area contributed by atoms with Gasteiger partial charge in [0.15, 0.2) is 0 Å². The van der Waals surface area contributed by atoms with Crippen LogP contribution in [0.25, 0.3) is 33.4 Å². The van der Waals surface area contributed by atoms with Crippen molar-refractivity contribution in [1.29, 1.82) is 0 Å². The summed E-state index contributed by atoms with van der Waals surface area (Å²) in [6.45, 7) is 4.85. The summed E-state index contributed by atoms with van der Waals surface area (Å²) < 4.78 is 0. The third-order valence-corrected chi connectivity index (χ3v) is 11.9. The van der Waals surface area contributed by atoms with Gasteiger partial charge < -0.3 is 0 Å². The Morgan fingerprint density at radius 3 is 0.711 bits per heavy atom. The van der Waals surface area contributed by atoms with E-state index in [2.05, 4.69) is 159 Å². The lowest BCUT2D eigenvalue weighted by Gasteiger charge is -2.47. The van der Waals surface area contributed by atoms with Gasteiger partial charge in [-0.25, -0.2) is 0 Å². The zero-order valence-electron chi connectivity index (χ0n) is 26.2. The van der Waals surface area contributed by atoms with Crippen molar-refractivity contribution in [3.63, 3.8) is 0 Å². The van der Waals surface area contributed by atoms with Crippen LogP contribution in [0.4, 0.5) is 0 Å². The Hall–Kier alpha value is -4.68. The standard InChI is InChI=1S/C45H38/c1-3-43(37-23-11-5-17-31(37)32-18-6-12-24-38(32)43)29-45(41-27-15-9-21-35(41)36-22-10-16-28-42(36)45)30-44(4-2)39-25-13-7-19-33(39)34-20-8-14-26-40(34)44/h5-28H,3-4,29-30H2,1-2H3. The zero-order valence-corrected chi connectivity index (χ0v) is 26.2. The molecule has 0 N–H and O–H groups in total. The first-order valence-electron chi connectivity index (χ1n) is 16.7. The Bertz CT molecular complexity index is 1870. The summed E-state index contributed by atoms with van der Waals surface area (Å²) in [5.74, 6) is 0. The van der Waals surface area contributed by atoms with Crippen LogP contribution in [-0.2, 0) is 16.2 Å². The van der Waals surface area contributed by atoms with Crippen LogP contribution < -0.4 is 0 Å². The minimum atomic E-state index is -0.200. The SMILES string of the molecule is CCC1(CC2(CC3(CC)c4ccccc4-c4ccccc43)c3ccccc3-c3ccccc32)c2ccccc2-c2ccccc21. The van der Waals surface area contributed by atoms with E-state index in [1.807, 2.05) is 0 Å². The summed E-state index contributed by atoms with van der Waals surface area (Å²) in [5, 5.41) is 0. The van der Waals surface area contributed by atoms with E-state index < -0.39 is 0 Å². The quantitative estimate of drug-likeness (QED) is 0.184. The Balaban J connectivity index is 1.37. The second kappa shape index (κ2) is 9.66. The van der Waals surface area contributed by atoms with Crippen molar-refractivity contribution in [2.24, 2.45) is 0 Å². The number of benzene rings is 6. The second-order valence-electron chi connectivity index (χ2n) is 13.6. The highest BCUT2D eigenvalue weighted by molar-refractivity contribution is 5.86. The van der Waals surface area contributed by atoms with Gasteiger partial charge in [-0.3, -0.25) is 0 Å². The van der Waals surface area contributed by atoms with Crippen LogP contribution in [0.1, 0.15) is 72.9 Å². The first kappa shape index (κ1) is 26.7. The van der Waals surface area contributed by atoms with Crippen molar-refractivity contribution in [3.8, 4) is 33.4 Å². The van der Waals surface area contributed by atoms with Gasteiger partial charge in [-0.15, -0.1) is 0 Å². The molecule has 0 nitrogen and oxygen atoms in total. The molecule has 45 heavy (non-hydrogen) atoms. The molecule has 0 atom stereocenters. The van der Waals surface area contributed by atoms with Crippen LogP contribution in [0.5, 0.6) is 0 Å². The summed E-state index contributed by atoms with van der Waals surface area (Å²) in [4.78, 5) is 0. The molecule has 0 amide bonds. The average Bonchev–Trinajstić information content (AvgIpc) is 3.66. The van der Waals surface area contributed by atoms with Crippen molar-refractivity contribution in [3.05, 3.63) is 179 Å². The van der Waals surface area contributed by atoms with Crippen molar-refractivity contribution in [1.82, 2.24) is 0 Å². The largest absolute Gasteiger partial charge is 0.0642 e. The number of rotatable bonds is 6. The lowest BCUT2D eigenvalue weighted by molar-refractivity contribution is 0.280. The first-order chi connectivity index (χ1) is 22.2. The summed E-state index contributed by atoms with van der Waals surface area (Å²) in [6.07, 6.45) is 4.17. The highest BCUT2D eigenvalue weighted by Crippen LogP contribution is 2.65. The van der Waals surface area contributed by atoms with Gasteiger partial charge in [0.25, 0.3) is 0 Å². The summed E-state index contributed by atoms with van der Waals surface area (Å²) in [7, 11) is 0. The molecule has 9 rings (SSSR count).